The van der Waals surface area contributed by atoms with Crippen molar-refractivity contribution in [2.75, 3.05) is 0 Å². The molecule has 0 saturated heterocycles. The lowest BCUT2D eigenvalue weighted by molar-refractivity contribution is 0.804. The van der Waals surface area contributed by atoms with Crippen LogP contribution >= 0.6 is 0 Å². The van der Waals surface area contributed by atoms with Crippen LogP contribution in [0.1, 0.15) is 28.9 Å². The summed E-state index contributed by atoms with van der Waals surface area (Å²) in [6.45, 7) is 4.31. The second-order valence-corrected chi connectivity index (χ2v) is 6.59. The molecule has 0 amide bonds. The quantitative estimate of drug-likeness (QED) is 0.529. The van der Waals surface area contributed by atoms with E-state index in [1.165, 1.54) is 44.2 Å². The Morgan fingerprint density at radius 1 is 0.917 bits per heavy atom. The molecule has 0 aliphatic carbocycles. The average molecular weight is 314 g/mol. The number of H-pyrrole nitrogens is 1. The fraction of sp³-hybridized carbons (Fsp3) is 0.227. The molecule has 0 aliphatic rings. The molecule has 120 valence electrons. The Kier molecular flexibility index (Phi) is 3.81. The minimum absolute atomic E-state index is 1.00. The van der Waals surface area contributed by atoms with Gasteiger partial charge >= 0.3 is 0 Å². The molecular weight excluding hydrogens is 292 g/mol. The summed E-state index contributed by atoms with van der Waals surface area (Å²) in [6, 6.07) is 17.4. The van der Waals surface area contributed by atoms with Gasteiger partial charge in [0.05, 0.1) is 11.2 Å². The zero-order chi connectivity index (χ0) is 16.5. The highest BCUT2D eigenvalue weighted by Crippen LogP contribution is 2.24. The van der Waals surface area contributed by atoms with E-state index in [1.807, 2.05) is 6.20 Å². The predicted octanol–water partition coefficient (Wildman–Crippen LogP) is 5.51. The van der Waals surface area contributed by atoms with Crippen molar-refractivity contribution in [3.05, 3.63) is 77.2 Å². The topological polar surface area (TPSA) is 28.7 Å². The molecule has 4 aromatic rings. The molecule has 2 aromatic carbocycles. The first-order chi connectivity index (χ1) is 11.7. The Labute approximate surface area is 142 Å². The van der Waals surface area contributed by atoms with E-state index in [9.17, 15) is 0 Å². The molecule has 0 radical (unpaired) electrons. The van der Waals surface area contributed by atoms with Crippen molar-refractivity contribution in [3.8, 4) is 0 Å². The van der Waals surface area contributed by atoms with Crippen molar-refractivity contribution in [1.82, 2.24) is 9.97 Å². The molecule has 2 aromatic heterocycles. The van der Waals surface area contributed by atoms with Gasteiger partial charge in [-0.3, -0.25) is 4.98 Å². The van der Waals surface area contributed by atoms with E-state index < -0.39 is 0 Å². The minimum atomic E-state index is 1.00. The molecule has 0 spiro atoms. The first-order valence-corrected chi connectivity index (χ1v) is 8.63. The number of aryl methyl sites for hydroxylation is 4. The van der Waals surface area contributed by atoms with Crippen molar-refractivity contribution in [2.45, 2.75) is 33.1 Å². The van der Waals surface area contributed by atoms with E-state index in [-0.39, 0.29) is 0 Å². The maximum atomic E-state index is 4.61. The van der Waals surface area contributed by atoms with Crippen LogP contribution in [0.25, 0.3) is 21.7 Å². The first kappa shape index (κ1) is 14.9. The molecule has 0 unspecified atom stereocenters. The molecule has 24 heavy (non-hydrogen) atoms. The lowest BCUT2D eigenvalue weighted by atomic mass is 10.0. The van der Waals surface area contributed by atoms with Gasteiger partial charge in [-0.05, 0) is 61.1 Å². The molecule has 2 heteroatoms. The Hall–Kier alpha value is -2.61. The Morgan fingerprint density at radius 3 is 2.62 bits per heavy atom. The van der Waals surface area contributed by atoms with Crippen LogP contribution in [0.3, 0.4) is 0 Å². The van der Waals surface area contributed by atoms with Crippen LogP contribution in [-0.4, -0.2) is 9.97 Å². The fourth-order valence-corrected chi connectivity index (χ4v) is 3.48. The van der Waals surface area contributed by atoms with E-state index >= 15 is 0 Å². The molecule has 2 nitrogen and oxygen atoms in total. The summed E-state index contributed by atoms with van der Waals surface area (Å²) in [5.74, 6) is 0. The van der Waals surface area contributed by atoms with Crippen LogP contribution in [-0.2, 0) is 12.8 Å². The summed E-state index contributed by atoms with van der Waals surface area (Å²) in [7, 11) is 0. The molecule has 0 aliphatic heterocycles. The summed E-state index contributed by atoms with van der Waals surface area (Å²) in [4.78, 5) is 8.12. The maximum absolute atomic E-state index is 4.61. The number of aromatic nitrogens is 2. The SMILES string of the molecule is Cc1[nH]c2c(CCCc3ccc4ccccc4c3)nccc2c1C. The lowest BCUT2D eigenvalue weighted by Crippen LogP contribution is -1.94. The van der Waals surface area contributed by atoms with E-state index in [1.54, 1.807) is 0 Å². The van der Waals surface area contributed by atoms with Crippen LogP contribution < -0.4 is 0 Å². The number of nitrogens with zero attached hydrogens (tertiary/aromatic N) is 1. The number of aromatic amines is 1. The monoisotopic (exact) mass is 314 g/mol. The van der Waals surface area contributed by atoms with Crippen molar-refractivity contribution >= 4 is 21.7 Å². The normalized spacial score (nSPS) is 11.4. The van der Waals surface area contributed by atoms with Crippen LogP contribution in [0.5, 0.6) is 0 Å². The lowest BCUT2D eigenvalue weighted by Gasteiger charge is -2.05. The van der Waals surface area contributed by atoms with Gasteiger partial charge in [-0.15, -0.1) is 0 Å². The van der Waals surface area contributed by atoms with Crippen LogP contribution in [0.2, 0.25) is 0 Å². The largest absolute Gasteiger partial charge is 0.357 e. The van der Waals surface area contributed by atoms with Crippen LogP contribution in [0.4, 0.5) is 0 Å². The summed E-state index contributed by atoms with van der Waals surface area (Å²) in [6.07, 6.45) is 5.14. The highest BCUT2D eigenvalue weighted by molar-refractivity contribution is 5.86. The highest BCUT2D eigenvalue weighted by atomic mass is 14.8. The van der Waals surface area contributed by atoms with Gasteiger partial charge in [0.1, 0.15) is 0 Å². The van der Waals surface area contributed by atoms with E-state index in [0.717, 1.165) is 19.3 Å². The smallest absolute Gasteiger partial charge is 0.0677 e. The summed E-state index contributed by atoms with van der Waals surface area (Å²) in [5.41, 5.74) is 6.38. The molecule has 2 heterocycles. The number of benzene rings is 2. The average Bonchev–Trinajstić information content (AvgIpc) is 2.90. The summed E-state index contributed by atoms with van der Waals surface area (Å²) >= 11 is 0. The first-order valence-electron chi connectivity index (χ1n) is 8.63. The molecule has 4 rings (SSSR count). The number of fused-ring (bicyclic) bond motifs is 2. The summed E-state index contributed by atoms with van der Waals surface area (Å²) < 4.78 is 0. The standard InChI is InChI=1S/C22H22N2/c1-15-16(2)24-22-20(15)12-13-23-21(22)9-5-6-17-10-11-18-7-3-4-8-19(18)14-17/h3-4,7-8,10-14,24H,5-6,9H2,1-2H3. The molecule has 1 N–H and O–H groups in total. The highest BCUT2D eigenvalue weighted by Gasteiger charge is 2.09. The van der Waals surface area contributed by atoms with Crippen molar-refractivity contribution in [3.63, 3.8) is 0 Å². The third kappa shape index (κ3) is 2.69. The Bertz CT molecular complexity index is 1010. The summed E-state index contributed by atoms with van der Waals surface area (Å²) in [5, 5.41) is 3.94. The number of hydrogen-bond acceptors (Lipinski definition) is 1. The number of nitrogens with one attached hydrogen (secondary N) is 1. The zero-order valence-corrected chi connectivity index (χ0v) is 14.3. The predicted molar refractivity (Wildman–Crippen MR) is 102 cm³/mol. The van der Waals surface area contributed by atoms with E-state index in [4.69, 9.17) is 0 Å². The van der Waals surface area contributed by atoms with Crippen LogP contribution in [0.15, 0.2) is 54.7 Å². The third-order valence-electron chi connectivity index (χ3n) is 5.00. The molecule has 0 bridgehead atoms. The minimum Gasteiger partial charge on any atom is -0.357 e. The van der Waals surface area contributed by atoms with Gasteiger partial charge in [0.2, 0.25) is 0 Å². The molecule has 0 atom stereocenters. The number of rotatable bonds is 4. The molecule has 0 saturated carbocycles. The van der Waals surface area contributed by atoms with Gasteiger partial charge in [0, 0.05) is 17.3 Å². The Morgan fingerprint density at radius 2 is 1.75 bits per heavy atom. The van der Waals surface area contributed by atoms with Crippen molar-refractivity contribution in [1.29, 1.82) is 0 Å². The van der Waals surface area contributed by atoms with Crippen molar-refractivity contribution < 1.29 is 0 Å². The van der Waals surface area contributed by atoms with Gasteiger partial charge in [0.15, 0.2) is 0 Å². The Balaban J connectivity index is 1.51. The maximum Gasteiger partial charge on any atom is 0.0677 e. The van der Waals surface area contributed by atoms with Gasteiger partial charge in [-0.25, -0.2) is 0 Å². The number of pyridine rings is 1. The van der Waals surface area contributed by atoms with Gasteiger partial charge < -0.3 is 4.98 Å². The molecular formula is C22H22N2. The second kappa shape index (κ2) is 6.12. The van der Waals surface area contributed by atoms with E-state index in [0.29, 0.717) is 0 Å². The number of hydrogen-bond donors (Lipinski definition) is 1. The third-order valence-corrected chi connectivity index (χ3v) is 5.00. The second-order valence-electron chi connectivity index (χ2n) is 6.59. The molecule has 0 fully saturated rings. The van der Waals surface area contributed by atoms with Gasteiger partial charge in [-0.1, -0.05) is 42.5 Å². The van der Waals surface area contributed by atoms with E-state index in [2.05, 4.69) is 72.3 Å². The van der Waals surface area contributed by atoms with Gasteiger partial charge in [0.25, 0.3) is 0 Å². The zero-order valence-electron chi connectivity index (χ0n) is 14.3. The fourth-order valence-electron chi connectivity index (χ4n) is 3.48. The van der Waals surface area contributed by atoms with Crippen molar-refractivity contribution in [2.24, 2.45) is 0 Å². The van der Waals surface area contributed by atoms with Gasteiger partial charge in [-0.2, -0.15) is 0 Å². The van der Waals surface area contributed by atoms with Crippen LogP contribution in [0, 0.1) is 13.8 Å².